The second-order valence-electron chi connectivity index (χ2n) is 3.98. The molecular formula is C13H25I. The summed E-state index contributed by atoms with van der Waals surface area (Å²) in [5.74, 6) is 0. The second kappa shape index (κ2) is 13.5. The Morgan fingerprint density at radius 2 is 1.29 bits per heavy atom. The van der Waals surface area contributed by atoms with Crippen LogP contribution in [0.25, 0.3) is 0 Å². The Kier molecular flexibility index (Phi) is 13.9. The average Bonchev–Trinajstić information content (AvgIpc) is 2.21. The predicted molar refractivity (Wildman–Crippen MR) is 75.0 cm³/mol. The average molecular weight is 308 g/mol. The van der Waals surface area contributed by atoms with E-state index < -0.39 is 0 Å². The Labute approximate surface area is 104 Å². The fourth-order valence-corrected chi connectivity index (χ4v) is 2.00. The third-order valence-corrected chi connectivity index (χ3v) is 3.07. The minimum Gasteiger partial charge on any atom is -0.0785 e. The molecular weight excluding hydrogens is 283 g/mol. The van der Waals surface area contributed by atoms with E-state index in [-0.39, 0.29) is 0 Å². The van der Waals surface area contributed by atoms with E-state index in [2.05, 4.69) is 39.7 Å². The second-order valence-corrected chi connectivity index (χ2v) is 4.70. The molecule has 0 bridgehead atoms. The molecule has 0 amide bonds. The lowest BCUT2D eigenvalue weighted by molar-refractivity contribution is 0.566. The highest BCUT2D eigenvalue weighted by Gasteiger charge is 1.90. The van der Waals surface area contributed by atoms with Gasteiger partial charge in [-0.25, -0.2) is 0 Å². The van der Waals surface area contributed by atoms with Gasteiger partial charge in [-0.3, -0.25) is 0 Å². The number of hydrogen-bond acceptors (Lipinski definition) is 0. The van der Waals surface area contributed by atoms with E-state index >= 15 is 0 Å². The molecule has 0 nitrogen and oxygen atoms in total. The molecule has 0 fully saturated rings. The molecule has 0 saturated heterocycles. The summed E-state index contributed by atoms with van der Waals surface area (Å²) in [5.41, 5.74) is 0. The first-order valence-electron chi connectivity index (χ1n) is 6.17. The van der Waals surface area contributed by atoms with Gasteiger partial charge in [-0.05, 0) is 16.9 Å². The van der Waals surface area contributed by atoms with Crippen molar-refractivity contribution in [3.05, 3.63) is 10.2 Å². The van der Waals surface area contributed by atoms with Crippen molar-refractivity contribution in [1.29, 1.82) is 0 Å². The first-order valence-corrected chi connectivity index (χ1v) is 7.41. The Balaban J connectivity index is 2.85. The van der Waals surface area contributed by atoms with Crippen molar-refractivity contribution >= 4 is 22.6 Å². The normalized spacial score (nSPS) is 11.3. The first-order chi connectivity index (χ1) is 6.91. The molecule has 0 spiro atoms. The number of rotatable bonds is 10. The summed E-state index contributed by atoms with van der Waals surface area (Å²) in [6.07, 6.45) is 16.4. The van der Waals surface area contributed by atoms with Crippen LogP contribution in [0.3, 0.4) is 0 Å². The van der Waals surface area contributed by atoms with Crippen molar-refractivity contribution in [1.82, 2.24) is 0 Å². The Morgan fingerprint density at radius 3 is 1.79 bits per heavy atom. The smallest absolute Gasteiger partial charge is 0.0274 e. The van der Waals surface area contributed by atoms with Gasteiger partial charge in [0.15, 0.2) is 0 Å². The molecule has 0 aliphatic carbocycles. The number of hydrogen-bond donors (Lipinski definition) is 0. The van der Waals surface area contributed by atoms with Gasteiger partial charge in [0.05, 0.1) is 0 Å². The zero-order chi connectivity index (χ0) is 10.5. The molecule has 0 radical (unpaired) electrons. The highest BCUT2D eigenvalue weighted by molar-refractivity contribution is 14.1. The van der Waals surface area contributed by atoms with Crippen LogP contribution in [0.2, 0.25) is 0 Å². The summed E-state index contributed by atoms with van der Waals surface area (Å²) in [6, 6.07) is 0. The molecule has 0 heterocycles. The Hall–Kier alpha value is 0.470. The number of unbranched alkanes of at least 4 members (excludes halogenated alkanes) is 9. The summed E-state index contributed by atoms with van der Waals surface area (Å²) in [5, 5.41) is 0. The van der Waals surface area contributed by atoms with Crippen LogP contribution in [-0.4, -0.2) is 0 Å². The van der Waals surface area contributed by atoms with Crippen LogP contribution >= 0.6 is 22.6 Å². The monoisotopic (exact) mass is 308 g/mol. The quantitative estimate of drug-likeness (QED) is 0.350. The molecule has 1 heteroatoms. The molecule has 0 aromatic heterocycles. The van der Waals surface area contributed by atoms with E-state index in [4.69, 9.17) is 0 Å². The van der Waals surface area contributed by atoms with Gasteiger partial charge in [0.1, 0.15) is 0 Å². The molecule has 0 rings (SSSR count). The maximum absolute atomic E-state index is 2.29. The minimum atomic E-state index is 1.28. The summed E-state index contributed by atoms with van der Waals surface area (Å²) in [7, 11) is 0. The van der Waals surface area contributed by atoms with E-state index in [1.807, 2.05) is 0 Å². The van der Waals surface area contributed by atoms with Crippen LogP contribution in [0.4, 0.5) is 0 Å². The standard InChI is InChI=1S/C13H25I/c1-2-3-4-5-6-7-8-9-10-11-12-13-14/h12-13H,2-11H2,1H3/b13-12-. The molecule has 0 aromatic rings. The van der Waals surface area contributed by atoms with Gasteiger partial charge in [0.25, 0.3) is 0 Å². The third kappa shape index (κ3) is 12.5. The van der Waals surface area contributed by atoms with Crippen LogP contribution in [0.1, 0.15) is 71.1 Å². The largest absolute Gasteiger partial charge is 0.0785 e. The minimum absolute atomic E-state index is 1.28. The van der Waals surface area contributed by atoms with Crippen molar-refractivity contribution in [3.8, 4) is 0 Å². The van der Waals surface area contributed by atoms with E-state index in [1.54, 1.807) is 0 Å². The zero-order valence-corrected chi connectivity index (χ0v) is 11.8. The van der Waals surface area contributed by atoms with Gasteiger partial charge in [0, 0.05) is 0 Å². The molecule has 84 valence electrons. The molecule has 0 atom stereocenters. The highest BCUT2D eigenvalue weighted by Crippen LogP contribution is 2.10. The van der Waals surface area contributed by atoms with Crippen molar-refractivity contribution in [2.75, 3.05) is 0 Å². The fraction of sp³-hybridized carbons (Fsp3) is 0.846. The zero-order valence-electron chi connectivity index (χ0n) is 9.60. The third-order valence-electron chi connectivity index (χ3n) is 2.56. The molecule has 0 aliphatic rings. The van der Waals surface area contributed by atoms with Crippen LogP contribution in [0.15, 0.2) is 10.2 Å². The maximum atomic E-state index is 2.29. The predicted octanol–water partition coefficient (Wildman–Crippen LogP) is 5.86. The van der Waals surface area contributed by atoms with Gasteiger partial charge in [-0.2, -0.15) is 0 Å². The van der Waals surface area contributed by atoms with Crippen molar-refractivity contribution in [3.63, 3.8) is 0 Å². The lowest BCUT2D eigenvalue weighted by atomic mass is 10.1. The molecule has 14 heavy (non-hydrogen) atoms. The van der Waals surface area contributed by atoms with Crippen molar-refractivity contribution in [2.45, 2.75) is 71.1 Å². The van der Waals surface area contributed by atoms with Crippen molar-refractivity contribution in [2.24, 2.45) is 0 Å². The number of allylic oxidation sites excluding steroid dienone is 1. The summed E-state index contributed by atoms with van der Waals surface area (Å²) in [6.45, 7) is 2.28. The SMILES string of the molecule is CCCCCCCCCCC/C=C\I. The van der Waals surface area contributed by atoms with Gasteiger partial charge in [-0.1, -0.05) is 87.0 Å². The molecule has 0 N–H and O–H groups in total. The molecule has 0 aromatic carbocycles. The lowest BCUT2D eigenvalue weighted by Gasteiger charge is -2.00. The van der Waals surface area contributed by atoms with Gasteiger partial charge in [0.2, 0.25) is 0 Å². The van der Waals surface area contributed by atoms with Gasteiger partial charge >= 0.3 is 0 Å². The summed E-state index contributed by atoms with van der Waals surface area (Å²) < 4.78 is 2.13. The summed E-state index contributed by atoms with van der Waals surface area (Å²) >= 11 is 2.29. The van der Waals surface area contributed by atoms with Gasteiger partial charge < -0.3 is 0 Å². The Morgan fingerprint density at radius 1 is 0.786 bits per heavy atom. The Bertz CT molecular complexity index is 118. The molecule has 0 aliphatic heterocycles. The van der Waals surface area contributed by atoms with Crippen LogP contribution < -0.4 is 0 Å². The van der Waals surface area contributed by atoms with Crippen molar-refractivity contribution < 1.29 is 0 Å². The lowest BCUT2D eigenvalue weighted by Crippen LogP contribution is -1.80. The van der Waals surface area contributed by atoms with E-state index in [0.717, 1.165) is 0 Å². The fourth-order valence-electron chi connectivity index (χ4n) is 1.64. The molecule has 0 saturated carbocycles. The van der Waals surface area contributed by atoms with Crippen LogP contribution in [-0.2, 0) is 0 Å². The van der Waals surface area contributed by atoms with Crippen LogP contribution in [0, 0.1) is 0 Å². The topological polar surface area (TPSA) is 0 Å². The van der Waals surface area contributed by atoms with E-state index in [0.29, 0.717) is 0 Å². The van der Waals surface area contributed by atoms with E-state index in [9.17, 15) is 0 Å². The highest BCUT2D eigenvalue weighted by atomic mass is 127. The van der Waals surface area contributed by atoms with Crippen LogP contribution in [0.5, 0.6) is 0 Å². The van der Waals surface area contributed by atoms with E-state index in [1.165, 1.54) is 64.2 Å². The van der Waals surface area contributed by atoms with Gasteiger partial charge in [-0.15, -0.1) is 0 Å². The maximum Gasteiger partial charge on any atom is -0.0274 e. The molecule has 0 unspecified atom stereocenters. The summed E-state index contributed by atoms with van der Waals surface area (Å²) in [4.78, 5) is 0. The first kappa shape index (κ1) is 14.5. The number of halogens is 1.